The Labute approximate surface area is 114 Å². The number of hydrogen-bond acceptors (Lipinski definition) is 5. The fraction of sp³-hybridized carbons (Fsp3) is 0.286. The van der Waals surface area contributed by atoms with Crippen molar-refractivity contribution < 1.29 is 23.8 Å². The third-order valence-electron chi connectivity index (χ3n) is 3.35. The van der Waals surface area contributed by atoms with Gasteiger partial charge in [-0.3, -0.25) is 9.59 Å². The van der Waals surface area contributed by atoms with E-state index in [1.165, 1.54) is 18.2 Å². The van der Waals surface area contributed by atoms with Crippen LogP contribution in [0.2, 0.25) is 0 Å². The Morgan fingerprint density at radius 3 is 2.75 bits per heavy atom. The topological polar surface area (TPSA) is 80.0 Å². The maximum atomic E-state index is 12.3. The number of carbonyl (C=O) groups is 2. The molecular formula is C14H13NO5. The lowest BCUT2D eigenvalue weighted by atomic mass is 10.1. The highest BCUT2D eigenvalue weighted by Crippen LogP contribution is 2.29. The first kappa shape index (κ1) is 12.7. The number of fused-ring (bicyclic) bond motifs is 1. The third kappa shape index (κ3) is 2.04. The number of benzene rings is 1. The summed E-state index contributed by atoms with van der Waals surface area (Å²) < 4.78 is 10.7. The van der Waals surface area contributed by atoms with Gasteiger partial charge in [-0.05, 0) is 18.2 Å². The van der Waals surface area contributed by atoms with Crippen molar-refractivity contribution in [3.63, 3.8) is 0 Å². The van der Waals surface area contributed by atoms with Crippen LogP contribution >= 0.6 is 0 Å². The number of rotatable bonds is 2. The Morgan fingerprint density at radius 2 is 2.05 bits per heavy atom. The van der Waals surface area contributed by atoms with Gasteiger partial charge in [0.2, 0.25) is 0 Å². The molecule has 0 atom stereocenters. The van der Waals surface area contributed by atoms with E-state index in [1.807, 2.05) is 0 Å². The van der Waals surface area contributed by atoms with Crippen LogP contribution in [-0.2, 0) is 4.74 Å². The monoisotopic (exact) mass is 275 g/mol. The summed E-state index contributed by atoms with van der Waals surface area (Å²) in [5.41, 5.74) is 0.536. The first-order chi connectivity index (χ1) is 9.70. The number of ether oxygens (including phenoxy) is 1. The van der Waals surface area contributed by atoms with Crippen LogP contribution < -0.4 is 0 Å². The van der Waals surface area contributed by atoms with Gasteiger partial charge in [0.25, 0.3) is 5.91 Å². The predicted octanol–water partition coefficient (Wildman–Crippen LogP) is 1.42. The molecule has 2 heterocycles. The van der Waals surface area contributed by atoms with Crippen molar-refractivity contribution in [1.29, 1.82) is 0 Å². The minimum absolute atomic E-state index is 0.126. The molecule has 104 valence electrons. The number of phenolic OH excluding ortho intramolecular Hbond substituents is 1. The normalized spacial score (nSPS) is 15.5. The fourth-order valence-corrected chi connectivity index (χ4v) is 2.27. The summed E-state index contributed by atoms with van der Waals surface area (Å²) in [5, 5.41) is 10.1. The predicted molar refractivity (Wildman–Crippen MR) is 70.0 cm³/mol. The van der Waals surface area contributed by atoms with Crippen LogP contribution in [0, 0.1) is 0 Å². The van der Waals surface area contributed by atoms with E-state index in [4.69, 9.17) is 9.15 Å². The lowest BCUT2D eigenvalue weighted by Gasteiger charge is -2.25. The van der Waals surface area contributed by atoms with Gasteiger partial charge in [-0.1, -0.05) is 0 Å². The second-order valence-electron chi connectivity index (χ2n) is 4.54. The number of aromatic hydroxyl groups is 1. The van der Waals surface area contributed by atoms with Gasteiger partial charge in [-0.15, -0.1) is 0 Å². The summed E-state index contributed by atoms with van der Waals surface area (Å²) in [4.78, 5) is 24.9. The summed E-state index contributed by atoms with van der Waals surface area (Å²) in [6.07, 6.45) is 0.552. The largest absolute Gasteiger partial charge is 0.507 e. The zero-order chi connectivity index (χ0) is 14.1. The fourth-order valence-electron chi connectivity index (χ4n) is 2.27. The van der Waals surface area contributed by atoms with E-state index in [0.717, 1.165) is 0 Å². The summed E-state index contributed by atoms with van der Waals surface area (Å²) in [7, 11) is 0. The smallest absolute Gasteiger partial charge is 0.289 e. The molecule has 0 spiro atoms. The Hall–Kier alpha value is -2.34. The first-order valence-corrected chi connectivity index (χ1v) is 6.28. The van der Waals surface area contributed by atoms with Crippen molar-refractivity contribution in [1.82, 2.24) is 4.90 Å². The third-order valence-corrected chi connectivity index (χ3v) is 3.35. The number of phenols is 1. The number of nitrogens with zero attached hydrogens (tertiary/aromatic N) is 1. The van der Waals surface area contributed by atoms with E-state index in [9.17, 15) is 14.7 Å². The van der Waals surface area contributed by atoms with Gasteiger partial charge < -0.3 is 19.2 Å². The Kier molecular flexibility index (Phi) is 3.15. The molecule has 0 bridgehead atoms. The molecule has 2 aromatic rings. The average Bonchev–Trinajstić information content (AvgIpc) is 2.91. The molecule has 1 aliphatic rings. The molecule has 20 heavy (non-hydrogen) atoms. The highest BCUT2D eigenvalue weighted by atomic mass is 16.5. The molecule has 1 amide bonds. The zero-order valence-corrected chi connectivity index (χ0v) is 10.7. The zero-order valence-electron chi connectivity index (χ0n) is 10.7. The number of furan rings is 1. The molecule has 6 heteroatoms. The van der Waals surface area contributed by atoms with Gasteiger partial charge in [0.15, 0.2) is 12.0 Å². The first-order valence-electron chi connectivity index (χ1n) is 6.28. The van der Waals surface area contributed by atoms with Gasteiger partial charge in [0.05, 0.1) is 18.8 Å². The average molecular weight is 275 g/mol. The van der Waals surface area contributed by atoms with Gasteiger partial charge in [-0.25, -0.2) is 0 Å². The number of carbonyl (C=O) groups excluding carboxylic acids is 2. The Morgan fingerprint density at radius 1 is 1.30 bits per heavy atom. The number of hydrogen-bond donors (Lipinski definition) is 1. The van der Waals surface area contributed by atoms with Gasteiger partial charge in [-0.2, -0.15) is 0 Å². The van der Waals surface area contributed by atoms with Crippen molar-refractivity contribution in [2.24, 2.45) is 0 Å². The molecule has 0 saturated carbocycles. The highest BCUT2D eigenvalue weighted by Gasteiger charge is 2.23. The summed E-state index contributed by atoms with van der Waals surface area (Å²) in [6, 6.07) is 4.41. The maximum Gasteiger partial charge on any atom is 0.289 e. The second-order valence-corrected chi connectivity index (χ2v) is 4.54. The Balaban J connectivity index is 2.00. The van der Waals surface area contributed by atoms with Crippen molar-refractivity contribution in [2.75, 3.05) is 26.3 Å². The van der Waals surface area contributed by atoms with Crippen LogP contribution in [-0.4, -0.2) is 48.5 Å². The quantitative estimate of drug-likeness (QED) is 0.838. The molecule has 0 unspecified atom stereocenters. The maximum absolute atomic E-state index is 12.3. The highest BCUT2D eigenvalue weighted by molar-refractivity contribution is 6.03. The van der Waals surface area contributed by atoms with Crippen LogP contribution in [0.15, 0.2) is 22.6 Å². The number of morpholine rings is 1. The van der Waals surface area contributed by atoms with E-state index in [-0.39, 0.29) is 23.0 Å². The summed E-state index contributed by atoms with van der Waals surface area (Å²) in [5.74, 6) is -0.199. The standard InChI is InChI=1S/C14H13NO5/c16-8-10-9-7-13(20-12(9)2-1-11(10)17)14(18)15-3-5-19-6-4-15/h1-2,7-8,17H,3-6H2. The van der Waals surface area contributed by atoms with Gasteiger partial charge in [0, 0.05) is 18.5 Å². The molecule has 0 radical (unpaired) electrons. The molecule has 1 aromatic carbocycles. The minimum Gasteiger partial charge on any atom is -0.507 e. The van der Waals surface area contributed by atoms with Gasteiger partial charge >= 0.3 is 0 Å². The van der Waals surface area contributed by atoms with Gasteiger partial charge in [0.1, 0.15) is 11.3 Å². The van der Waals surface area contributed by atoms with Crippen LogP contribution in [0.4, 0.5) is 0 Å². The lowest BCUT2D eigenvalue weighted by Crippen LogP contribution is -2.40. The van der Waals surface area contributed by atoms with Crippen molar-refractivity contribution in [3.05, 3.63) is 29.5 Å². The van der Waals surface area contributed by atoms with Crippen LogP contribution in [0.5, 0.6) is 5.75 Å². The van der Waals surface area contributed by atoms with E-state index in [1.54, 1.807) is 4.90 Å². The molecule has 1 saturated heterocycles. The van der Waals surface area contributed by atoms with Crippen LogP contribution in [0.1, 0.15) is 20.9 Å². The van der Waals surface area contributed by atoms with Crippen molar-refractivity contribution in [2.45, 2.75) is 0 Å². The minimum atomic E-state index is -0.235. The molecule has 1 aromatic heterocycles. The van der Waals surface area contributed by atoms with E-state index < -0.39 is 0 Å². The number of amides is 1. The SMILES string of the molecule is O=Cc1c(O)ccc2oc(C(=O)N3CCOCC3)cc12. The Bertz CT molecular complexity index is 669. The summed E-state index contributed by atoms with van der Waals surface area (Å²) in [6.45, 7) is 2.04. The number of aldehydes is 1. The summed E-state index contributed by atoms with van der Waals surface area (Å²) >= 11 is 0. The van der Waals surface area contributed by atoms with E-state index in [0.29, 0.717) is 43.6 Å². The molecule has 1 fully saturated rings. The van der Waals surface area contributed by atoms with Crippen molar-refractivity contribution in [3.8, 4) is 5.75 Å². The van der Waals surface area contributed by atoms with Crippen LogP contribution in [0.25, 0.3) is 11.0 Å². The lowest BCUT2D eigenvalue weighted by molar-refractivity contribution is 0.0284. The second kappa shape index (κ2) is 4.97. The van der Waals surface area contributed by atoms with Crippen molar-refractivity contribution >= 4 is 23.2 Å². The molecule has 6 nitrogen and oxygen atoms in total. The van der Waals surface area contributed by atoms with E-state index >= 15 is 0 Å². The molecule has 0 aliphatic carbocycles. The molecule has 1 aliphatic heterocycles. The molecule has 3 rings (SSSR count). The van der Waals surface area contributed by atoms with E-state index in [2.05, 4.69) is 0 Å². The molecule has 1 N–H and O–H groups in total. The molecular weight excluding hydrogens is 262 g/mol. The van der Waals surface area contributed by atoms with Crippen LogP contribution in [0.3, 0.4) is 0 Å².